The van der Waals surface area contributed by atoms with Crippen LogP contribution in [0.25, 0.3) is 0 Å². The Hall–Kier alpha value is -3.67. The molecule has 0 aliphatic carbocycles. The molecule has 0 bridgehead atoms. The third-order valence-electron chi connectivity index (χ3n) is 4.64. The van der Waals surface area contributed by atoms with Gasteiger partial charge in [-0.1, -0.05) is 32.0 Å². The van der Waals surface area contributed by atoms with Crippen LogP contribution >= 0.6 is 0 Å². The molecule has 1 aromatic heterocycles. The van der Waals surface area contributed by atoms with Gasteiger partial charge in [-0.15, -0.1) is 0 Å². The minimum absolute atomic E-state index is 0.251. The van der Waals surface area contributed by atoms with E-state index in [1.807, 2.05) is 31.2 Å². The van der Waals surface area contributed by atoms with Crippen molar-refractivity contribution in [3.8, 4) is 5.75 Å². The molecule has 0 spiro atoms. The van der Waals surface area contributed by atoms with Gasteiger partial charge in [-0.3, -0.25) is 15.1 Å². The Morgan fingerprint density at radius 2 is 1.81 bits per heavy atom. The highest BCUT2D eigenvalue weighted by molar-refractivity contribution is 6.10. The van der Waals surface area contributed by atoms with Crippen molar-refractivity contribution in [3.63, 3.8) is 0 Å². The fourth-order valence-corrected chi connectivity index (χ4v) is 2.91. The van der Waals surface area contributed by atoms with Crippen molar-refractivity contribution in [1.29, 1.82) is 0 Å². The number of anilines is 1. The van der Waals surface area contributed by atoms with Gasteiger partial charge in [0.2, 0.25) is 5.96 Å². The van der Waals surface area contributed by atoms with Gasteiger partial charge in [-0.25, -0.2) is 4.99 Å². The van der Waals surface area contributed by atoms with E-state index in [4.69, 9.17) is 4.74 Å². The zero-order valence-electron chi connectivity index (χ0n) is 18.1. The number of aromatic nitrogens is 1. The molecule has 6 nitrogen and oxygen atoms in total. The largest absolute Gasteiger partial charge is 0.494 e. The number of guanidine groups is 1. The highest BCUT2D eigenvalue weighted by Gasteiger charge is 2.10. The summed E-state index contributed by atoms with van der Waals surface area (Å²) in [6.45, 7) is 7.20. The van der Waals surface area contributed by atoms with Crippen molar-refractivity contribution < 1.29 is 9.53 Å². The average Bonchev–Trinajstić information content (AvgIpc) is 2.79. The smallest absolute Gasteiger partial charge is 0.257 e. The SMILES string of the molecule is CCOc1ccc(C(=O)NC(=NCc2cccnc2)Nc2ccc(C(C)C)cc2)cc1. The number of carbonyl (C=O) groups is 1. The third-order valence-corrected chi connectivity index (χ3v) is 4.64. The molecule has 3 aromatic rings. The highest BCUT2D eigenvalue weighted by atomic mass is 16.5. The number of nitrogens with zero attached hydrogens (tertiary/aromatic N) is 2. The lowest BCUT2D eigenvalue weighted by Gasteiger charge is -2.13. The van der Waals surface area contributed by atoms with Crippen molar-refractivity contribution in [3.05, 3.63) is 89.7 Å². The Bertz CT molecular complexity index is 998. The van der Waals surface area contributed by atoms with Crippen LogP contribution in [0.3, 0.4) is 0 Å². The predicted octanol–water partition coefficient (Wildman–Crippen LogP) is 5.00. The molecule has 0 aliphatic heterocycles. The molecule has 0 unspecified atom stereocenters. The van der Waals surface area contributed by atoms with Crippen molar-refractivity contribution in [2.24, 2.45) is 4.99 Å². The van der Waals surface area contributed by atoms with Crippen LogP contribution in [-0.2, 0) is 6.54 Å². The molecule has 1 heterocycles. The number of nitrogens with one attached hydrogen (secondary N) is 2. The summed E-state index contributed by atoms with van der Waals surface area (Å²) in [4.78, 5) is 21.5. The quantitative estimate of drug-likeness (QED) is 0.420. The lowest BCUT2D eigenvalue weighted by molar-refractivity contribution is 0.0977. The lowest BCUT2D eigenvalue weighted by atomic mass is 10.0. The second-order valence-electron chi connectivity index (χ2n) is 7.34. The van der Waals surface area contributed by atoms with Gasteiger partial charge < -0.3 is 10.1 Å². The Labute approximate surface area is 183 Å². The maximum Gasteiger partial charge on any atom is 0.257 e. The Kier molecular flexibility index (Phi) is 7.76. The van der Waals surface area contributed by atoms with Gasteiger partial charge >= 0.3 is 0 Å². The molecule has 0 radical (unpaired) electrons. The van der Waals surface area contributed by atoms with E-state index < -0.39 is 0 Å². The molecule has 0 saturated carbocycles. The van der Waals surface area contributed by atoms with E-state index in [1.165, 1.54) is 5.56 Å². The van der Waals surface area contributed by atoms with Gasteiger partial charge in [0.1, 0.15) is 5.75 Å². The summed E-state index contributed by atoms with van der Waals surface area (Å²) >= 11 is 0. The van der Waals surface area contributed by atoms with E-state index in [2.05, 4.69) is 46.6 Å². The van der Waals surface area contributed by atoms with Crippen LogP contribution in [0.4, 0.5) is 5.69 Å². The number of pyridine rings is 1. The number of aliphatic imine (C=N–C) groups is 1. The second-order valence-corrected chi connectivity index (χ2v) is 7.34. The van der Waals surface area contributed by atoms with Crippen LogP contribution in [0.2, 0.25) is 0 Å². The molecule has 2 N–H and O–H groups in total. The summed E-state index contributed by atoms with van der Waals surface area (Å²) in [6.07, 6.45) is 3.48. The molecule has 0 aliphatic rings. The number of hydrogen-bond acceptors (Lipinski definition) is 4. The van der Waals surface area contributed by atoms with Crippen LogP contribution in [0.15, 0.2) is 78.0 Å². The van der Waals surface area contributed by atoms with Crippen molar-refractivity contribution in [2.45, 2.75) is 33.2 Å². The first-order chi connectivity index (χ1) is 15.0. The molecule has 0 fully saturated rings. The summed E-state index contributed by atoms with van der Waals surface area (Å²) in [5.74, 6) is 1.30. The normalized spacial score (nSPS) is 11.3. The third kappa shape index (κ3) is 6.67. The second kappa shape index (κ2) is 10.9. The van der Waals surface area contributed by atoms with Gasteiger partial charge in [-0.2, -0.15) is 0 Å². The zero-order chi connectivity index (χ0) is 22.1. The van der Waals surface area contributed by atoms with Gasteiger partial charge in [0.15, 0.2) is 0 Å². The average molecular weight is 417 g/mol. The first-order valence-electron chi connectivity index (χ1n) is 10.4. The van der Waals surface area contributed by atoms with Crippen LogP contribution < -0.4 is 15.4 Å². The van der Waals surface area contributed by atoms with Crippen LogP contribution in [0, 0.1) is 0 Å². The Morgan fingerprint density at radius 1 is 1.06 bits per heavy atom. The number of ether oxygens (including phenoxy) is 1. The molecule has 6 heteroatoms. The first kappa shape index (κ1) is 22.0. The molecular weight excluding hydrogens is 388 g/mol. The van der Waals surface area contributed by atoms with Crippen LogP contribution in [0.5, 0.6) is 5.75 Å². The molecular formula is C25H28N4O2. The maximum absolute atomic E-state index is 12.8. The topological polar surface area (TPSA) is 75.6 Å². The molecule has 2 aromatic carbocycles. The summed E-state index contributed by atoms with van der Waals surface area (Å²) < 4.78 is 5.44. The van der Waals surface area contributed by atoms with Gasteiger partial charge in [-0.05, 0) is 66.4 Å². The number of amides is 1. The summed E-state index contributed by atoms with van der Waals surface area (Å²) in [5.41, 5.74) is 3.57. The monoisotopic (exact) mass is 416 g/mol. The van der Waals surface area contributed by atoms with Crippen molar-refractivity contribution in [1.82, 2.24) is 10.3 Å². The molecule has 3 rings (SSSR count). The van der Waals surface area contributed by atoms with E-state index in [0.717, 1.165) is 17.0 Å². The van der Waals surface area contributed by atoms with E-state index >= 15 is 0 Å². The van der Waals surface area contributed by atoms with E-state index in [0.29, 0.717) is 30.6 Å². The van der Waals surface area contributed by atoms with Gasteiger partial charge in [0.25, 0.3) is 5.91 Å². The summed E-state index contributed by atoms with van der Waals surface area (Å²) in [6, 6.07) is 18.9. The van der Waals surface area contributed by atoms with E-state index in [1.54, 1.807) is 36.7 Å². The van der Waals surface area contributed by atoms with Gasteiger partial charge in [0.05, 0.1) is 13.2 Å². The van der Waals surface area contributed by atoms with Crippen LogP contribution in [-0.4, -0.2) is 23.5 Å². The molecule has 0 atom stereocenters. The van der Waals surface area contributed by atoms with E-state index in [9.17, 15) is 4.79 Å². The molecule has 1 amide bonds. The highest BCUT2D eigenvalue weighted by Crippen LogP contribution is 2.17. The van der Waals surface area contributed by atoms with Gasteiger partial charge in [0, 0.05) is 23.6 Å². The number of benzene rings is 2. The summed E-state index contributed by atoms with van der Waals surface area (Å²) in [5, 5.41) is 6.10. The Balaban J connectivity index is 1.76. The predicted molar refractivity (Wildman–Crippen MR) is 125 cm³/mol. The minimum Gasteiger partial charge on any atom is -0.494 e. The fourth-order valence-electron chi connectivity index (χ4n) is 2.91. The van der Waals surface area contributed by atoms with Crippen LogP contribution in [0.1, 0.15) is 48.2 Å². The molecule has 0 saturated heterocycles. The standard InChI is InChI=1S/C25H28N4O2/c1-4-31-23-13-9-21(10-14-23)24(30)29-25(27-17-19-6-5-15-26-16-19)28-22-11-7-20(8-12-22)18(2)3/h5-16,18H,4,17H2,1-3H3,(H2,27,28,29,30). The maximum atomic E-state index is 12.8. The fraction of sp³-hybridized carbons (Fsp3) is 0.240. The zero-order valence-corrected chi connectivity index (χ0v) is 18.1. The minimum atomic E-state index is -0.251. The lowest BCUT2D eigenvalue weighted by Crippen LogP contribution is -2.36. The molecule has 31 heavy (non-hydrogen) atoms. The number of carbonyl (C=O) groups excluding carboxylic acids is 1. The first-order valence-corrected chi connectivity index (χ1v) is 10.4. The molecule has 160 valence electrons. The van der Waals surface area contributed by atoms with Crippen molar-refractivity contribution >= 4 is 17.6 Å². The van der Waals surface area contributed by atoms with E-state index in [-0.39, 0.29) is 5.91 Å². The number of hydrogen-bond donors (Lipinski definition) is 2. The van der Waals surface area contributed by atoms with Crippen molar-refractivity contribution in [2.75, 3.05) is 11.9 Å². The number of rotatable bonds is 7. The Morgan fingerprint density at radius 3 is 2.42 bits per heavy atom. The summed E-state index contributed by atoms with van der Waals surface area (Å²) in [7, 11) is 0.